The van der Waals surface area contributed by atoms with Gasteiger partial charge in [0.25, 0.3) is 0 Å². The van der Waals surface area contributed by atoms with Crippen LogP contribution < -0.4 is 5.32 Å². The van der Waals surface area contributed by atoms with Crippen molar-refractivity contribution in [3.8, 4) is 6.07 Å². The Morgan fingerprint density at radius 3 is 2.83 bits per heavy atom. The summed E-state index contributed by atoms with van der Waals surface area (Å²) in [5.41, 5.74) is 0.905. The van der Waals surface area contributed by atoms with Crippen molar-refractivity contribution in [1.82, 2.24) is 9.97 Å². The third-order valence-corrected chi connectivity index (χ3v) is 2.48. The average molecular weight is 263 g/mol. The number of aryl methyl sites for hydroxylation is 1. The Morgan fingerprint density at radius 2 is 2.17 bits per heavy atom. The lowest BCUT2D eigenvalue weighted by Gasteiger charge is -2.08. The molecule has 0 saturated heterocycles. The number of anilines is 2. The zero-order valence-electron chi connectivity index (χ0n) is 9.41. The Balaban J connectivity index is 2.40. The van der Waals surface area contributed by atoms with Gasteiger partial charge in [0.15, 0.2) is 0 Å². The summed E-state index contributed by atoms with van der Waals surface area (Å²) in [7, 11) is 0. The zero-order valence-corrected chi connectivity index (χ0v) is 10.2. The number of halogens is 2. The molecule has 0 saturated carbocycles. The van der Waals surface area contributed by atoms with Crippen LogP contribution in [0.15, 0.2) is 24.3 Å². The summed E-state index contributed by atoms with van der Waals surface area (Å²) < 4.78 is 13.6. The molecule has 0 amide bonds. The predicted molar refractivity (Wildman–Crippen MR) is 66.2 cm³/mol. The van der Waals surface area contributed by atoms with Gasteiger partial charge in [-0.05, 0) is 25.1 Å². The number of benzene rings is 1. The van der Waals surface area contributed by atoms with Gasteiger partial charge in [0.05, 0.1) is 10.7 Å². The first-order valence-electron chi connectivity index (χ1n) is 5.07. The van der Waals surface area contributed by atoms with Gasteiger partial charge >= 0.3 is 0 Å². The Kier molecular flexibility index (Phi) is 3.40. The Labute approximate surface area is 108 Å². The lowest BCUT2D eigenvalue weighted by molar-refractivity contribution is 0.631. The van der Waals surface area contributed by atoms with E-state index in [9.17, 15) is 4.39 Å². The Morgan fingerprint density at radius 1 is 1.39 bits per heavy atom. The van der Waals surface area contributed by atoms with Gasteiger partial charge in [-0.1, -0.05) is 17.7 Å². The standard InChI is InChI=1S/C12H8ClFN4/c1-7-5-8(6-15)17-12(16-7)18-11-9(13)3-2-4-10(11)14/h2-5H,1H3,(H,16,17,18). The van der Waals surface area contributed by atoms with Crippen LogP contribution in [0.1, 0.15) is 11.4 Å². The predicted octanol–water partition coefficient (Wildman–Crippen LogP) is 3.19. The van der Waals surface area contributed by atoms with E-state index in [0.717, 1.165) is 0 Å². The number of rotatable bonds is 2. The molecule has 0 aliphatic heterocycles. The fourth-order valence-electron chi connectivity index (χ4n) is 1.41. The van der Waals surface area contributed by atoms with Crippen LogP contribution in [0.2, 0.25) is 5.02 Å². The Hall–Kier alpha value is -2.19. The van der Waals surface area contributed by atoms with Crippen LogP contribution in [0.5, 0.6) is 0 Å². The molecule has 4 nitrogen and oxygen atoms in total. The summed E-state index contributed by atoms with van der Waals surface area (Å²) >= 11 is 5.87. The highest BCUT2D eigenvalue weighted by Crippen LogP contribution is 2.26. The summed E-state index contributed by atoms with van der Waals surface area (Å²) in [6.07, 6.45) is 0. The number of nitrogens with one attached hydrogen (secondary N) is 1. The third-order valence-electron chi connectivity index (χ3n) is 2.17. The minimum Gasteiger partial charge on any atom is -0.320 e. The monoisotopic (exact) mass is 262 g/mol. The van der Waals surface area contributed by atoms with Crippen LogP contribution in [0.4, 0.5) is 16.0 Å². The summed E-state index contributed by atoms with van der Waals surface area (Å²) in [4.78, 5) is 7.98. The highest BCUT2D eigenvalue weighted by atomic mass is 35.5. The molecule has 1 N–H and O–H groups in total. The SMILES string of the molecule is Cc1cc(C#N)nc(Nc2c(F)cccc2Cl)n1. The van der Waals surface area contributed by atoms with E-state index in [2.05, 4.69) is 15.3 Å². The molecule has 0 spiro atoms. The van der Waals surface area contributed by atoms with E-state index < -0.39 is 5.82 Å². The molecule has 0 radical (unpaired) electrons. The number of aromatic nitrogens is 2. The molecule has 2 rings (SSSR count). The van der Waals surface area contributed by atoms with E-state index >= 15 is 0 Å². The van der Waals surface area contributed by atoms with E-state index in [4.69, 9.17) is 16.9 Å². The van der Waals surface area contributed by atoms with Gasteiger partial charge < -0.3 is 5.32 Å². The number of nitrogens with zero attached hydrogens (tertiary/aromatic N) is 3. The summed E-state index contributed by atoms with van der Waals surface area (Å²) in [6, 6.07) is 7.76. The van der Waals surface area contributed by atoms with Crippen LogP contribution >= 0.6 is 11.6 Å². The lowest BCUT2D eigenvalue weighted by Crippen LogP contribution is -2.02. The summed E-state index contributed by atoms with van der Waals surface area (Å²) in [5.74, 6) is -0.371. The van der Waals surface area contributed by atoms with Crippen molar-refractivity contribution in [1.29, 1.82) is 5.26 Å². The summed E-state index contributed by atoms with van der Waals surface area (Å²) in [5, 5.41) is 11.7. The first-order valence-corrected chi connectivity index (χ1v) is 5.45. The van der Waals surface area contributed by atoms with Crippen LogP contribution in [0.3, 0.4) is 0 Å². The Bertz CT molecular complexity index is 616. The van der Waals surface area contributed by atoms with Crippen molar-refractivity contribution in [2.75, 3.05) is 5.32 Å². The van der Waals surface area contributed by atoms with Gasteiger partial charge in [-0.15, -0.1) is 0 Å². The van der Waals surface area contributed by atoms with Crippen molar-refractivity contribution >= 4 is 23.2 Å². The first kappa shape index (κ1) is 12.3. The fraction of sp³-hybridized carbons (Fsp3) is 0.0833. The average Bonchev–Trinajstić information content (AvgIpc) is 2.33. The molecule has 1 aromatic heterocycles. The van der Waals surface area contributed by atoms with Crippen molar-refractivity contribution in [2.45, 2.75) is 6.92 Å². The quantitative estimate of drug-likeness (QED) is 0.903. The summed E-state index contributed by atoms with van der Waals surface area (Å²) in [6.45, 7) is 1.72. The molecule has 6 heteroatoms. The smallest absolute Gasteiger partial charge is 0.228 e. The van der Waals surface area contributed by atoms with E-state index in [1.165, 1.54) is 18.2 Å². The molecule has 0 aliphatic carbocycles. The minimum atomic E-state index is -0.508. The van der Waals surface area contributed by atoms with E-state index in [0.29, 0.717) is 5.69 Å². The molecular weight excluding hydrogens is 255 g/mol. The molecule has 0 fully saturated rings. The van der Waals surface area contributed by atoms with Crippen LogP contribution in [0, 0.1) is 24.1 Å². The highest BCUT2D eigenvalue weighted by Gasteiger charge is 2.09. The van der Waals surface area contributed by atoms with Crippen LogP contribution in [0.25, 0.3) is 0 Å². The van der Waals surface area contributed by atoms with Gasteiger partial charge in [0, 0.05) is 5.69 Å². The van der Waals surface area contributed by atoms with Gasteiger partial charge in [-0.25, -0.2) is 14.4 Å². The molecule has 0 bridgehead atoms. The maximum absolute atomic E-state index is 13.6. The number of hydrogen-bond acceptors (Lipinski definition) is 4. The number of hydrogen-bond donors (Lipinski definition) is 1. The topological polar surface area (TPSA) is 61.6 Å². The molecular formula is C12H8ClFN4. The maximum Gasteiger partial charge on any atom is 0.228 e. The second-order valence-electron chi connectivity index (χ2n) is 3.55. The zero-order chi connectivity index (χ0) is 13.1. The van der Waals surface area contributed by atoms with E-state index in [-0.39, 0.29) is 22.4 Å². The van der Waals surface area contributed by atoms with Crippen molar-refractivity contribution < 1.29 is 4.39 Å². The molecule has 0 atom stereocenters. The molecule has 0 aliphatic rings. The molecule has 2 aromatic rings. The molecule has 90 valence electrons. The van der Waals surface area contributed by atoms with Gasteiger partial charge in [-0.2, -0.15) is 5.26 Å². The van der Waals surface area contributed by atoms with Crippen LogP contribution in [-0.2, 0) is 0 Å². The molecule has 0 unspecified atom stereocenters. The molecule has 1 heterocycles. The van der Waals surface area contributed by atoms with Gasteiger partial charge in [0.1, 0.15) is 17.6 Å². The van der Waals surface area contributed by atoms with Crippen molar-refractivity contribution in [2.24, 2.45) is 0 Å². The van der Waals surface area contributed by atoms with Gasteiger partial charge in [-0.3, -0.25) is 0 Å². The number of para-hydroxylation sites is 1. The maximum atomic E-state index is 13.6. The molecule has 1 aromatic carbocycles. The second-order valence-corrected chi connectivity index (χ2v) is 3.96. The minimum absolute atomic E-state index is 0.0913. The second kappa shape index (κ2) is 4.98. The van der Waals surface area contributed by atoms with Gasteiger partial charge in [0.2, 0.25) is 5.95 Å². The molecule has 18 heavy (non-hydrogen) atoms. The van der Waals surface area contributed by atoms with Crippen molar-refractivity contribution in [3.05, 3.63) is 46.5 Å². The fourth-order valence-corrected chi connectivity index (χ4v) is 1.62. The lowest BCUT2D eigenvalue weighted by atomic mass is 10.3. The highest BCUT2D eigenvalue weighted by molar-refractivity contribution is 6.33. The number of nitriles is 1. The van der Waals surface area contributed by atoms with E-state index in [1.807, 2.05) is 6.07 Å². The first-order chi connectivity index (χ1) is 8.60. The largest absolute Gasteiger partial charge is 0.320 e. The third kappa shape index (κ3) is 2.55. The normalized spacial score (nSPS) is 9.89. The van der Waals surface area contributed by atoms with Crippen molar-refractivity contribution in [3.63, 3.8) is 0 Å². The van der Waals surface area contributed by atoms with E-state index in [1.54, 1.807) is 13.0 Å². The van der Waals surface area contributed by atoms with Crippen LogP contribution in [-0.4, -0.2) is 9.97 Å².